The molecule has 0 heterocycles. The Hall–Kier alpha value is -0.0400. The van der Waals surface area contributed by atoms with Crippen LogP contribution in [0.25, 0.3) is 0 Å². The lowest BCUT2D eigenvalue weighted by Gasteiger charge is -2.41. The van der Waals surface area contributed by atoms with Gasteiger partial charge in [0, 0.05) is 11.1 Å². The maximum Gasteiger partial charge on any atom is 0.0334 e. The van der Waals surface area contributed by atoms with E-state index in [1.807, 2.05) is 0 Å². The van der Waals surface area contributed by atoms with Gasteiger partial charge in [0.05, 0.1) is 0 Å². The molecule has 0 aromatic rings. The van der Waals surface area contributed by atoms with E-state index < -0.39 is 0 Å². The largest absolute Gasteiger partial charge is 0.229 e. The lowest BCUT2D eigenvalue weighted by molar-refractivity contribution is 0.161. The van der Waals surface area contributed by atoms with Gasteiger partial charge < -0.3 is 0 Å². The molecule has 0 amide bonds. The molecule has 0 rings (SSSR count). The SMILES string of the molecule is CCC(C)(CC(C)C)[N]C(C)(CC)CC(C)C. The summed E-state index contributed by atoms with van der Waals surface area (Å²) in [5, 5.41) is 5.26. The van der Waals surface area contributed by atoms with Crippen molar-refractivity contribution in [2.45, 2.75) is 92.2 Å². The van der Waals surface area contributed by atoms with Gasteiger partial charge in [-0.3, -0.25) is 0 Å². The van der Waals surface area contributed by atoms with E-state index in [0.717, 1.165) is 24.7 Å². The molecule has 0 saturated carbocycles. The first-order valence-corrected chi connectivity index (χ1v) is 7.40. The van der Waals surface area contributed by atoms with Crippen molar-refractivity contribution in [1.82, 2.24) is 5.32 Å². The minimum atomic E-state index is 0.161. The Morgan fingerprint density at radius 3 is 1.24 bits per heavy atom. The quantitative estimate of drug-likeness (QED) is 0.565. The van der Waals surface area contributed by atoms with Crippen LogP contribution in [0, 0.1) is 11.8 Å². The van der Waals surface area contributed by atoms with Gasteiger partial charge >= 0.3 is 0 Å². The molecule has 0 N–H and O–H groups in total. The van der Waals surface area contributed by atoms with Crippen molar-refractivity contribution >= 4 is 0 Å². The summed E-state index contributed by atoms with van der Waals surface area (Å²) in [5.41, 5.74) is 0.321. The topological polar surface area (TPSA) is 14.1 Å². The van der Waals surface area contributed by atoms with E-state index >= 15 is 0 Å². The van der Waals surface area contributed by atoms with Crippen LogP contribution in [0.1, 0.15) is 81.1 Å². The zero-order valence-corrected chi connectivity index (χ0v) is 13.4. The van der Waals surface area contributed by atoms with Gasteiger partial charge in [-0.15, -0.1) is 0 Å². The van der Waals surface area contributed by atoms with Crippen LogP contribution in [0.5, 0.6) is 0 Å². The van der Waals surface area contributed by atoms with Crippen molar-refractivity contribution in [1.29, 1.82) is 0 Å². The lowest BCUT2D eigenvalue weighted by Crippen LogP contribution is -2.50. The van der Waals surface area contributed by atoms with Gasteiger partial charge in [0.2, 0.25) is 0 Å². The van der Waals surface area contributed by atoms with E-state index in [1.165, 1.54) is 12.8 Å². The fourth-order valence-electron chi connectivity index (χ4n) is 2.95. The van der Waals surface area contributed by atoms with E-state index in [2.05, 4.69) is 55.4 Å². The molecule has 0 aliphatic heterocycles. The van der Waals surface area contributed by atoms with E-state index in [-0.39, 0.29) is 11.1 Å². The highest BCUT2D eigenvalue weighted by Crippen LogP contribution is 2.30. The van der Waals surface area contributed by atoms with Crippen LogP contribution < -0.4 is 5.32 Å². The average molecular weight is 240 g/mol. The van der Waals surface area contributed by atoms with Crippen molar-refractivity contribution in [2.75, 3.05) is 0 Å². The summed E-state index contributed by atoms with van der Waals surface area (Å²) in [6.45, 7) is 18.4. The maximum absolute atomic E-state index is 5.26. The van der Waals surface area contributed by atoms with Crippen LogP contribution in [-0.2, 0) is 0 Å². The van der Waals surface area contributed by atoms with Crippen LogP contribution in [0.3, 0.4) is 0 Å². The Morgan fingerprint density at radius 1 is 0.765 bits per heavy atom. The van der Waals surface area contributed by atoms with Crippen molar-refractivity contribution in [3.8, 4) is 0 Å². The van der Waals surface area contributed by atoms with Gasteiger partial charge in [0.15, 0.2) is 0 Å². The monoisotopic (exact) mass is 240 g/mol. The molecule has 1 nitrogen and oxygen atoms in total. The molecule has 1 heteroatoms. The normalized spacial score (nSPS) is 19.4. The predicted octanol–water partition coefficient (Wildman–Crippen LogP) is 5.02. The predicted molar refractivity (Wildman–Crippen MR) is 78.4 cm³/mol. The second kappa shape index (κ2) is 6.78. The molecule has 0 spiro atoms. The minimum absolute atomic E-state index is 0.161. The molecule has 0 aliphatic rings. The van der Waals surface area contributed by atoms with Gasteiger partial charge in [-0.25, -0.2) is 5.32 Å². The molecule has 0 aliphatic carbocycles. The second-order valence-electron chi connectivity index (χ2n) is 7.01. The number of hydrogen-bond donors (Lipinski definition) is 0. The van der Waals surface area contributed by atoms with E-state index in [4.69, 9.17) is 5.32 Å². The summed E-state index contributed by atoms with van der Waals surface area (Å²) in [6.07, 6.45) is 4.71. The number of nitrogens with zero attached hydrogens (tertiary/aromatic N) is 1. The zero-order chi connectivity index (χ0) is 13.7. The van der Waals surface area contributed by atoms with Crippen molar-refractivity contribution in [3.63, 3.8) is 0 Å². The molecule has 2 atom stereocenters. The Labute approximate surface area is 110 Å². The highest BCUT2D eigenvalue weighted by molar-refractivity contribution is 4.93. The van der Waals surface area contributed by atoms with Gasteiger partial charge in [-0.05, 0) is 51.4 Å². The van der Waals surface area contributed by atoms with Gasteiger partial charge in [0.25, 0.3) is 0 Å². The second-order valence-corrected chi connectivity index (χ2v) is 7.01. The molecule has 0 aromatic heterocycles. The molecule has 0 aromatic carbocycles. The molecule has 0 fully saturated rings. The van der Waals surface area contributed by atoms with Gasteiger partial charge in [-0.2, -0.15) is 0 Å². The van der Waals surface area contributed by atoms with Crippen molar-refractivity contribution in [2.24, 2.45) is 11.8 Å². The standard InChI is InChI=1S/C16H34N/c1-9-15(7,11-13(3)4)17-16(8,10-2)12-14(5)6/h13-14H,9-12H2,1-8H3. The van der Waals surface area contributed by atoms with Crippen LogP contribution in [0.2, 0.25) is 0 Å². The summed E-state index contributed by atoms with van der Waals surface area (Å²) >= 11 is 0. The first-order valence-electron chi connectivity index (χ1n) is 7.40. The van der Waals surface area contributed by atoms with Crippen molar-refractivity contribution in [3.05, 3.63) is 0 Å². The third kappa shape index (κ3) is 6.45. The summed E-state index contributed by atoms with van der Waals surface area (Å²) < 4.78 is 0. The molecule has 0 saturated heterocycles. The Kier molecular flexibility index (Phi) is 6.76. The molecule has 2 unspecified atom stereocenters. The highest BCUT2D eigenvalue weighted by atomic mass is 15.0. The van der Waals surface area contributed by atoms with Crippen LogP contribution in [-0.4, -0.2) is 11.1 Å². The average Bonchev–Trinajstić information content (AvgIpc) is 2.15. The Balaban J connectivity index is 4.70. The first-order chi connectivity index (χ1) is 7.66. The smallest absolute Gasteiger partial charge is 0.0334 e. The van der Waals surface area contributed by atoms with Crippen LogP contribution in [0.4, 0.5) is 0 Å². The molecular weight excluding hydrogens is 206 g/mol. The fraction of sp³-hybridized carbons (Fsp3) is 1.00. The number of rotatable bonds is 8. The molecule has 17 heavy (non-hydrogen) atoms. The minimum Gasteiger partial charge on any atom is -0.229 e. The summed E-state index contributed by atoms with van der Waals surface area (Å²) in [7, 11) is 0. The summed E-state index contributed by atoms with van der Waals surface area (Å²) in [5.74, 6) is 1.45. The van der Waals surface area contributed by atoms with Crippen molar-refractivity contribution < 1.29 is 0 Å². The Morgan fingerprint density at radius 2 is 1.06 bits per heavy atom. The fourth-order valence-corrected chi connectivity index (χ4v) is 2.95. The number of hydrogen-bond acceptors (Lipinski definition) is 0. The third-order valence-electron chi connectivity index (χ3n) is 3.76. The highest BCUT2D eigenvalue weighted by Gasteiger charge is 2.34. The van der Waals surface area contributed by atoms with E-state index in [9.17, 15) is 0 Å². The van der Waals surface area contributed by atoms with E-state index in [1.54, 1.807) is 0 Å². The van der Waals surface area contributed by atoms with Gasteiger partial charge in [0.1, 0.15) is 0 Å². The molecule has 103 valence electrons. The zero-order valence-electron chi connectivity index (χ0n) is 13.4. The van der Waals surface area contributed by atoms with Crippen LogP contribution >= 0.6 is 0 Å². The Bertz CT molecular complexity index is 188. The molecule has 1 radical (unpaired) electrons. The molecular formula is C16H34N. The summed E-state index contributed by atoms with van der Waals surface area (Å²) in [4.78, 5) is 0. The molecule has 0 bridgehead atoms. The van der Waals surface area contributed by atoms with Crippen LogP contribution in [0.15, 0.2) is 0 Å². The summed E-state index contributed by atoms with van der Waals surface area (Å²) in [6, 6.07) is 0. The van der Waals surface area contributed by atoms with E-state index in [0.29, 0.717) is 0 Å². The maximum atomic E-state index is 5.26. The first kappa shape index (κ1) is 17.0. The third-order valence-corrected chi connectivity index (χ3v) is 3.76. The van der Waals surface area contributed by atoms with Gasteiger partial charge in [-0.1, -0.05) is 41.5 Å². The lowest BCUT2D eigenvalue weighted by atomic mass is 9.81.